The second kappa shape index (κ2) is 10.1. The van der Waals surface area contributed by atoms with Gasteiger partial charge in [0.2, 0.25) is 5.82 Å². The number of aliphatic hydroxyl groups excluding tert-OH is 1. The summed E-state index contributed by atoms with van der Waals surface area (Å²) < 4.78 is 44.0. The van der Waals surface area contributed by atoms with Crippen LogP contribution in [0.3, 0.4) is 0 Å². The average Bonchev–Trinajstić information content (AvgIpc) is 2.83. The number of hydrogen-bond acceptors (Lipinski definition) is 6. The fraction of sp³-hybridized carbons (Fsp3) is 0.560. The number of aromatic nitrogens is 2. The Balaban J connectivity index is 1.46. The summed E-state index contributed by atoms with van der Waals surface area (Å²) in [5.41, 5.74) is 3.53. The van der Waals surface area contributed by atoms with Crippen LogP contribution in [0.25, 0.3) is 0 Å². The normalized spacial score (nSPS) is 22.0. The van der Waals surface area contributed by atoms with Crippen LogP contribution in [0.2, 0.25) is 0 Å². The molecule has 4 rings (SSSR count). The number of piperidine rings is 1. The number of piperazine rings is 1. The number of ether oxygens (including phenoxy) is 1. The number of carbonyl (C=O) groups excluding carboxylic acids is 1. The number of aliphatic hydroxyl groups is 1. The van der Waals surface area contributed by atoms with E-state index in [2.05, 4.69) is 27.9 Å². The number of hydrogen-bond donors (Lipinski definition) is 1. The van der Waals surface area contributed by atoms with E-state index in [-0.39, 0.29) is 30.2 Å². The lowest BCUT2D eigenvalue weighted by Gasteiger charge is -2.48. The first-order chi connectivity index (χ1) is 16.6. The SMILES string of the molecule is Cc1c(OC[C@H](C)O)ccc([C@H]2CCC[C@H]3CN(C(=O)c4cnc(C(F)(F)F)nc4)CCN32)c1C. The van der Waals surface area contributed by atoms with Gasteiger partial charge in [0.1, 0.15) is 12.4 Å². The summed E-state index contributed by atoms with van der Waals surface area (Å²) in [6.07, 6.45) is -0.258. The van der Waals surface area contributed by atoms with Gasteiger partial charge < -0.3 is 14.7 Å². The van der Waals surface area contributed by atoms with E-state index in [1.54, 1.807) is 11.8 Å². The van der Waals surface area contributed by atoms with Crippen LogP contribution < -0.4 is 4.74 Å². The number of alkyl halides is 3. The van der Waals surface area contributed by atoms with Crippen molar-refractivity contribution in [2.75, 3.05) is 26.2 Å². The van der Waals surface area contributed by atoms with Gasteiger partial charge in [-0.2, -0.15) is 13.2 Å². The molecule has 1 N–H and O–H groups in total. The van der Waals surface area contributed by atoms with Crippen LogP contribution in [0.1, 0.15) is 65.1 Å². The highest BCUT2D eigenvalue weighted by Crippen LogP contribution is 2.39. The molecule has 1 amide bonds. The van der Waals surface area contributed by atoms with Gasteiger partial charge in [-0.15, -0.1) is 0 Å². The summed E-state index contributed by atoms with van der Waals surface area (Å²) in [5, 5.41) is 9.53. The van der Waals surface area contributed by atoms with Gasteiger partial charge in [-0.1, -0.05) is 6.07 Å². The van der Waals surface area contributed by atoms with E-state index in [9.17, 15) is 23.1 Å². The Hall–Kier alpha value is -2.72. The molecule has 0 radical (unpaired) electrons. The number of halogens is 3. The van der Waals surface area contributed by atoms with Gasteiger partial charge in [0.05, 0.1) is 11.7 Å². The minimum absolute atomic E-state index is 0.0677. The number of fused-ring (bicyclic) bond motifs is 1. The molecule has 2 aliphatic heterocycles. The molecule has 2 fully saturated rings. The second-order valence-electron chi connectivity index (χ2n) is 9.45. The first-order valence-electron chi connectivity index (χ1n) is 11.9. The van der Waals surface area contributed by atoms with E-state index in [4.69, 9.17) is 4.74 Å². The van der Waals surface area contributed by atoms with Crippen molar-refractivity contribution in [3.63, 3.8) is 0 Å². The molecule has 1 aromatic heterocycles. The third-order valence-corrected chi connectivity index (χ3v) is 7.00. The van der Waals surface area contributed by atoms with Crippen LogP contribution in [-0.2, 0) is 6.18 Å². The second-order valence-corrected chi connectivity index (χ2v) is 9.45. The van der Waals surface area contributed by atoms with Gasteiger partial charge in [-0.05, 0) is 62.8 Å². The van der Waals surface area contributed by atoms with E-state index in [0.717, 1.165) is 43.0 Å². The summed E-state index contributed by atoms with van der Waals surface area (Å²) in [5.74, 6) is -0.817. The number of amides is 1. The lowest BCUT2D eigenvalue weighted by molar-refractivity contribution is -0.145. The van der Waals surface area contributed by atoms with Crippen molar-refractivity contribution >= 4 is 5.91 Å². The maximum Gasteiger partial charge on any atom is 0.451 e. The van der Waals surface area contributed by atoms with Crippen LogP contribution in [0, 0.1) is 13.8 Å². The highest BCUT2D eigenvalue weighted by Gasteiger charge is 2.38. The number of rotatable bonds is 5. The fourth-order valence-electron chi connectivity index (χ4n) is 5.08. The van der Waals surface area contributed by atoms with Crippen LogP contribution >= 0.6 is 0 Å². The lowest BCUT2D eigenvalue weighted by Crippen LogP contribution is -2.57. The van der Waals surface area contributed by atoms with Gasteiger partial charge in [-0.3, -0.25) is 9.69 Å². The summed E-state index contributed by atoms with van der Waals surface area (Å²) in [4.78, 5) is 23.8. The molecular weight excluding hydrogens is 461 g/mol. The highest BCUT2D eigenvalue weighted by molar-refractivity contribution is 5.93. The van der Waals surface area contributed by atoms with Crippen molar-refractivity contribution in [1.82, 2.24) is 19.8 Å². The van der Waals surface area contributed by atoms with Gasteiger partial charge in [0, 0.05) is 44.1 Å². The Bertz CT molecular complexity index is 1060. The average molecular weight is 493 g/mol. The summed E-state index contributed by atoms with van der Waals surface area (Å²) >= 11 is 0. The molecule has 190 valence electrons. The van der Waals surface area contributed by atoms with Crippen LogP contribution in [0.5, 0.6) is 5.75 Å². The maximum atomic E-state index is 12.9. The summed E-state index contributed by atoms with van der Waals surface area (Å²) in [6.45, 7) is 7.73. The zero-order valence-corrected chi connectivity index (χ0v) is 20.2. The van der Waals surface area contributed by atoms with Crippen LogP contribution in [-0.4, -0.2) is 69.2 Å². The molecule has 2 saturated heterocycles. The van der Waals surface area contributed by atoms with Gasteiger partial charge in [-0.25, -0.2) is 9.97 Å². The third kappa shape index (κ3) is 5.43. The van der Waals surface area contributed by atoms with Crippen molar-refractivity contribution < 1.29 is 27.8 Å². The number of benzene rings is 1. The van der Waals surface area contributed by atoms with Crippen molar-refractivity contribution in [2.24, 2.45) is 0 Å². The molecule has 3 atom stereocenters. The minimum Gasteiger partial charge on any atom is -0.491 e. The first kappa shape index (κ1) is 25.4. The molecule has 35 heavy (non-hydrogen) atoms. The summed E-state index contributed by atoms with van der Waals surface area (Å²) in [7, 11) is 0. The Kier molecular flexibility index (Phi) is 7.32. The fourth-order valence-corrected chi connectivity index (χ4v) is 5.08. The Morgan fingerprint density at radius 1 is 1.17 bits per heavy atom. The monoisotopic (exact) mass is 492 g/mol. The quantitative estimate of drug-likeness (QED) is 0.682. The molecular formula is C25H31F3N4O3. The highest BCUT2D eigenvalue weighted by atomic mass is 19.4. The molecule has 0 unspecified atom stereocenters. The standard InChI is InChI=1S/C25H31F3N4O3/c1-15(33)14-35-22-8-7-20(16(2)17(22)3)21-6-4-5-19-13-31(9-10-32(19)21)23(34)18-11-29-24(30-12-18)25(26,27)28/h7-8,11-12,15,19,21,33H,4-6,9-10,13-14H2,1-3H3/t15-,19-,21+/m0/s1. The Labute approximate surface area is 202 Å². The van der Waals surface area contributed by atoms with Gasteiger partial charge in [0.25, 0.3) is 5.91 Å². The molecule has 0 aliphatic carbocycles. The predicted molar refractivity (Wildman–Crippen MR) is 123 cm³/mol. The lowest BCUT2D eigenvalue weighted by atomic mass is 9.86. The van der Waals surface area contributed by atoms with E-state index in [1.807, 2.05) is 13.0 Å². The molecule has 2 aliphatic rings. The van der Waals surface area contributed by atoms with Crippen molar-refractivity contribution in [2.45, 2.75) is 64.4 Å². The minimum atomic E-state index is -4.64. The van der Waals surface area contributed by atoms with Crippen LogP contribution in [0.15, 0.2) is 24.5 Å². The first-order valence-corrected chi connectivity index (χ1v) is 11.9. The van der Waals surface area contributed by atoms with Crippen LogP contribution in [0.4, 0.5) is 13.2 Å². The molecule has 3 heterocycles. The van der Waals surface area contributed by atoms with E-state index >= 15 is 0 Å². The van der Waals surface area contributed by atoms with E-state index < -0.39 is 18.1 Å². The zero-order chi connectivity index (χ0) is 25.3. The van der Waals surface area contributed by atoms with Gasteiger partial charge >= 0.3 is 6.18 Å². The Morgan fingerprint density at radius 2 is 1.89 bits per heavy atom. The van der Waals surface area contributed by atoms with Crippen molar-refractivity contribution in [3.8, 4) is 5.75 Å². The Morgan fingerprint density at radius 3 is 2.54 bits per heavy atom. The van der Waals surface area contributed by atoms with E-state index in [1.165, 1.54) is 11.1 Å². The zero-order valence-electron chi connectivity index (χ0n) is 20.2. The van der Waals surface area contributed by atoms with E-state index in [0.29, 0.717) is 19.6 Å². The van der Waals surface area contributed by atoms with Crippen molar-refractivity contribution in [1.29, 1.82) is 0 Å². The topological polar surface area (TPSA) is 78.8 Å². The van der Waals surface area contributed by atoms with Crippen molar-refractivity contribution in [3.05, 3.63) is 52.6 Å². The molecule has 1 aromatic carbocycles. The largest absolute Gasteiger partial charge is 0.491 e. The molecule has 7 nitrogen and oxygen atoms in total. The number of nitrogens with zero attached hydrogens (tertiary/aromatic N) is 4. The predicted octanol–water partition coefficient (Wildman–Crippen LogP) is 3.92. The number of carbonyl (C=O) groups is 1. The third-order valence-electron chi connectivity index (χ3n) is 7.00. The molecule has 0 bridgehead atoms. The van der Waals surface area contributed by atoms with Gasteiger partial charge in [0.15, 0.2) is 0 Å². The molecule has 2 aromatic rings. The molecule has 0 saturated carbocycles. The smallest absolute Gasteiger partial charge is 0.451 e. The molecule has 10 heteroatoms. The summed E-state index contributed by atoms with van der Waals surface area (Å²) in [6, 6.07) is 4.47. The molecule has 0 spiro atoms. The maximum absolute atomic E-state index is 12.9.